The minimum Gasteiger partial charge on any atom is -0.467 e. The van der Waals surface area contributed by atoms with Crippen molar-refractivity contribution in [3.63, 3.8) is 0 Å². The summed E-state index contributed by atoms with van der Waals surface area (Å²) in [6.45, 7) is 6.51. The summed E-state index contributed by atoms with van der Waals surface area (Å²) >= 11 is 0. The number of hydrogen-bond donors (Lipinski definition) is 0. The van der Waals surface area contributed by atoms with Gasteiger partial charge in [0.1, 0.15) is 11.3 Å². The van der Waals surface area contributed by atoms with Gasteiger partial charge in [-0.3, -0.25) is 9.69 Å². The lowest BCUT2D eigenvalue weighted by Gasteiger charge is -2.24. The van der Waals surface area contributed by atoms with Crippen molar-refractivity contribution in [2.24, 2.45) is 0 Å². The third-order valence-corrected chi connectivity index (χ3v) is 2.87. The molecule has 6 heteroatoms. The van der Waals surface area contributed by atoms with Gasteiger partial charge in [0.2, 0.25) is 0 Å². The molecule has 0 bridgehead atoms. The van der Waals surface area contributed by atoms with Crippen LogP contribution < -0.4 is 0 Å². The van der Waals surface area contributed by atoms with E-state index in [0.29, 0.717) is 24.5 Å². The molecular weight excluding hydrogens is 262 g/mol. The molecule has 6 nitrogen and oxygen atoms in total. The zero-order chi connectivity index (χ0) is 15.1. The van der Waals surface area contributed by atoms with Gasteiger partial charge in [0.15, 0.2) is 0 Å². The number of furan rings is 1. The summed E-state index contributed by atoms with van der Waals surface area (Å²) in [4.78, 5) is 25.0. The fourth-order valence-electron chi connectivity index (χ4n) is 1.73. The molecule has 0 saturated heterocycles. The maximum absolute atomic E-state index is 11.6. The molecule has 20 heavy (non-hydrogen) atoms. The molecule has 0 aliphatic rings. The lowest BCUT2D eigenvalue weighted by molar-refractivity contribution is -0.145. The van der Waals surface area contributed by atoms with Gasteiger partial charge in [-0.1, -0.05) is 0 Å². The number of nitrogens with zero attached hydrogens (tertiary/aromatic N) is 1. The van der Waals surface area contributed by atoms with Gasteiger partial charge in [-0.05, 0) is 26.8 Å². The first-order valence-corrected chi connectivity index (χ1v) is 6.53. The summed E-state index contributed by atoms with van der Waals surface area (Å²) in [5.74, 6) is -0.268. The topological polar surface area (TPSA) is 69.0 Å². The Morgan fingerprint density at radius 2 is 2.10 bits per heavy atom. The first-order valence-electron chi connectivity index (χ1n) is 6.53. The summed E-state index contributed by atoms with van der Waals surface area (Å²) in [6.07, 6.45) is 1.43. The molecule has 0 spiro atoms. The standard InChI is InChI=1S/C14H21NO5/c1-5-19-13(16)9-15(10(2)3)8-12-11(6-7-20-12)14(17)18-4/h6-7,10H,5,8-9H2,1-4H3. The molecule has 0 atom stereocenters. The lowest BCUT2D eigenvalue weighted by Crippen LogP contribution is -2.36. The van der Waals surface area contributed by atoms with Crippen molar-refractivity contribution in [1.29, 1.82) is 0 Å². The van der Waals surface area contributed by atoms with Crippen LogP contribution in [-0.4, -0.2) is 43.1 Å². The van der Waals surface area contributed by atoms with Crippen LogP contribution in [0.1, 0.15) is 36.9 Å². The number of ether oxygens (including phenoxy) is 2. The molecule has 1 rings (SSSR count). The highest BCUT2D eigenvalue weighted by Gasteiger charge is 2.21. The number of esters is 2. The van der Waals surface area contributed by atoms with E-state index in [1.807, 2.05) is 18.7 Å². The number of methoxy groups -OCH3 is 1. The Morgan fingerprint density at radius 3 is 2.65 bits per heavy atom. The van der Waals surface area contributed by atoms with Crippen LogP contribution in [0.2, 0.25) is 0 Å². The summed E-state index contributed by atoms with van der Waals surface area (Å²) in [5, 5.41) is 0. The number of rotatable bonds is 7. The number of hydrogen-bond acceptors (Lipinski definition) is 6. The van der Waals surface area contributed by atoms with Crippen LogP contribution in [0.5, 0.6) is 0 Å². The summed E-state index contributed by atoms with van der Waals surface area (Å²) in [7, 11) is 1.32. The molecule has 0 N–H and O–H groups in total. The molecule has 112 valence electrons. The van der Waals surface area contributed by atoms with Crippen LogP contribution in [0.4, 0.5) is 0 Å². The van der Waals surface area contributed by atoms with Gasteiger partial charge in [-0.25, -0.2) is 4.79 Å². The van der Waals surface area contributed by atoms with E-state index in [4.69, 9.17) is 9.15 Å². The van der Waals surface area contributed by atoms with E-state index in [9.17, 15) is 9.59 Å². The molecule has 0 fully saturated rings. The van der Waals surface area contributed by atoms with Gasteiger partial charge in [0.05, 0.1) is 33.1 Å². The van der Waals surface area contributed by atoms with Gasteiger partial charge in [0.25, 0.3) is 0 Å². The minimum absolute atomic E-state index is 0.106. The summed E-state index contributed by atoms with van der Waals surface area (Å²) < 4.78 is 14.9. The van der Waals surface area contributed by atoms with Crippen LogP contribution >= 0.6 is 0 Å². The van der Waals surface area contributed by atoms with E-state index in [1.165, 1.54) is 13.4 Å². The molecule has 0 aliphatic heterocycles. The van der Waals surface area contributed by atoms with E-state index in [0.717, 1.165) is 0 Å². The van der Waals surface area contributed by atoms with Crippen molar-refractivity contribution in [2.75, 3.05) is 20.3 Å². The zero-order valence-corrected chi connectivity index (χ0v) is 12.3. The maximum atomic E-state index is 11.6. The third kappa shape index (κ3) is 4.38. The van der Waals surface area contributed by atoms with Crippen molar-refractivity contribution in [3.05, 3.63) is 23.7 Å². The second-order valence-corrected chi connectivity index (χ2v) is 4.55. The van der Waals surface area contributed by atoms with Crippen molar-refractivity contribution in [3.8, 4) is 0 Å². The molecule has 0 saturated carbocycles. The van der Waals surface area contributed by atoms with E-state index < -0.39 is 5.97 Å². The monoisotopic (exact) mass is 283 g/mol. The van der Waals surface area contributed by atoms with Crippen molar-refractivity contribution < 1.29 is 23.5 Å². The van der Waals surface area contributed by atoms with Crippen LogP contribution in [0.15, 0.2) is 16.7 Å². The predicted molar refractivity (Wildman–Crippen MR) is 72.2 cm³/mol. The van der Waals surface area contributed by atoms with E-state index in [1.54, 1.807) is 13.0 Å². The lowest BCUT2D eigenvalue weighted by atomic mass is 10.2. The first kappa shape index (κ1) is 16.2. The predicted octanol–water partition coefficient (Wildman–Crippen LogP) is 1.84. The van der Waals surface area contributed by atoms with Gasteiger partial charge < -0.3 is 13.9 Å². The van der Waals surface area contributed by atoms with Crippen LogP contribution in [0.25, 0.3) is 0 Å². The Bertz CT molecular complexity index is 452. The Hall–Kier alpha value is -1.82. The maximum Gasteiger partial charge on any atom is 0.341 e. The fraction of sp³-hybridized carbons (Fsp3) is 0.571. The molecule has 0 aromatic carbocycles. The molecule has 1 heterocycles. The second kappa shape index (κ2) is 7.69. The van der Waals surface area contributed by atoms with Crippen LogP contribution in [0.3, 0.4) is 0 Å². The third-order valence-electron chi connectivity index (χ3n) is 2.87. The molecular formula is C14H21NO5. The summed E-state index contributed by atoms with van der Waals surface area (Å²) in [6, 6.07) is 1.67. The van der Waals surface area contributed by atoms with E-state index in [-0.39, 0.29) is 18.6 Å². The Balaban J connectivity index is 2.78. The number of carbonyl (C=O) groups is 2. The number of carbonyl (C=O) groups excluding carboxylic acids is 2. The second-order valence-electron chi connectivity index (χ2n) is 4.55. The van der Waals surface area contributed by atoms with Crippen LogP contribution in [-0.2, 0) is 20.8 Å². The van der Waals surface area contributed by atoms with Crippen molar-refractivity contribution in [2.45, 2.75) is 33.4 Å². The quantitative estimate of drug-likeness (QED) is 0.711. The fourth-order valence-corrected chi connectivity index (χ4v) is 1.73. The molecule has 0 unspecified atom stereocenters. The molecule has 0 radical (unpaired) electrons. The van der Waals surface area contributed by atoms with Gasteiger partial charge in [-0.15, -0.1) is 0 Å². The van der Waals surface area contributed by atoms with Crippen molar-refractivity contribution in [1.82, 2.24) is 4.90 Å². The van der Waals surface area contributed by atoms with Gasteiger partial charge >= 0.3 is 11.9 Å². The Labute approximate surface area is 118 Å². The highest BCUT2D eigenvalue weighted by molar-refractivity contribution is 5.90. The highest BCUT2D eigenvalue weighted by atomic mass is 16.5. The average molecular weight is 283 g/mol. The largest absolute Gasteiger partial charge is 0.467 e. The normalized spacial score (nSPS) is 10.9. The average Bonchev–Trinajstić information content (AvgIpc) is 2.85. The van der Waals surface area contributed by atoms with Gasteiger partial charge in [-0.2, -0.15) is 0 Å². The summed E-state index contributed by atoms with van der Waals surface area (Å²) in [5.41, 5.74) is 0.377. The first-order chi connectivity index (χ1) is 9.49. The molecule has 0 aliphatic carbocycles. The molecule has 1 aromatic heterocycles. The van der Waals surface area contributed by atoms with Crippen molar-refractivity contribution >= 4 is 11.9 Å². The Kier molecular flexibility index (Phi) is 6.24. The molecule has 1 aromatic rings. The Morgan fingerprint density at radius 1 is 1.40 bits per heavy atom. The van der Waals surface area contributed by atoms with Crippen LogP contribution in [0, 0.1) is 0 Å². The van der Waals surface area contributed by atoms with E-state index >= 15 is 0 Å². The zero-order valence-electron chi connectivity index (χ0n) is 12.3. The smallest absolute Gasteiger partial charge is 0.341 e. The minimum atomic E-state index is -0.450. The molecule has 0 amide bonds. The highest BCUT2D eigenvalue weighted by Crippen LogP contribution is 2.16. The van der Waals surface area contributed by atoms with E-state index in [2.05, 4.69) is 4.74 Å². The van der Waals surface area contributed by atoms with Gasteiger partial charge in [0, 0.05) is 6.04 Å². The SMILES string of the molecule is CCOC(=O)CN(Cc1occc1C(=O)OC)C(C)C.